The first-order valence-electron chi connectivity index (χ1n) is 12.5. The zero-order valence-corrected chi connectivity index (χ0v) is 20.8. The van der Waals surface area contributed by atoms with Crippen LogP contribution in [-0.2, 0) is 24.3 Å². The Bertz CT molecular complexity index is 1220. The normalized spacial score (nSPS) is 12.2. The number of amides is 1. The molecule has 1 aromatic carbocycles. The number of fused-ring (bicyclic) bond motifs is 1. The van der Waals surface area contributed by atoms with Crippen LogP contribution in [0.15, 0.2) is 33.9 Å². The van der Waals surface area contributed by atoms with Crippen LogP contribution in [0.1, 0.15) is 82.3 Å². The molecular formula is C26H37N5O3. The second kappa shape index (κ2) is 11.8. The van der Waals surface area contributed by atoms with E-state index in [0.717, 1.165) is 37.7 Å². The molecule has 34 heavy (non-hydrogen) atoms. The van der Waals surface area contributed by atoms with Crippen molar-refractivity contribution in [3.05, 3.63) is 62.1 Å². The highest BCUT2D eigenvalue weighted by atomic mass is 16.2. The Labute approximate surface area is 200 Å². The summed E-state index contributed by atoms with van der Waals surface area (Å²) >= 11 is 0. The Balaban J connectivity index is 1.85. The van der Waals surface area contributed by atoms with Crippen LogP contribution in [0.25, 0.3) is 11.2 Å². The molecule has 0 aliphatic carbocycles. The van der Waals surface area contributed by atoms with E-state index in [0.29, 0.717) is 36.5 Å². The summed E-state index contributed by atoms with van der Waals surface area (Å²) in [6, 6.07) is 8.16. The summed E-state index contributed by atoms with van der Waals surface area (Å²) in [5, 5.41) is 3.13. The lowest BCUT2D eigenvalue weighted by Crippen LogP contribution is -2.31. The van der Waals surface area contributed by atoms with Crippen LogP contribution in [0.5, 0.6) is 0 Å². The Hall–Kier alpha value is -3.16. The molecule has 8 nitrogen and oxygen atoms in total. The second-order valence-electron chi connectivity index (χ2n) is 8.91. The maximum absolute atomic E-state index is 12.8. The number of carbonyl (C=O) groups is 1. The van der Waals surface area contributed by atoms with E-state index < -0.39 is 11.2 Å². The van der Waals surface area contributed by atoms with Crippen molar-refractivity contribution in [1.29, 1.82) is 0 Å². The molecular weight excluding hydrogens is 430 g/mol. The molecule has 0 radical (unpaired) electrons. The topological polar surface area (TPSA) is 102 Å². The van der Waals surface area contributed by atoms with Crippen molar-refractivity contribution in [3.63, 3.8) is 0 Å². The van der Waals surface area contributed by atoms with Gasteiger partial charge in [0.2, 0.25) is 5.91 Å². The van der Waals surface area contributed by atoms with Crippen LogP contribution in [0.4, 0.5) is 0 Å². The number of aromatic amines is 1. The van der Waals surface area contributed by atoms with Gasteiger partial charge in [0.25, 0.3) is 5.56 Å². The highest BCUT2D eigenvalue weighted by Crippen LogP contribution is 2.19. The van der Waals surface area contributed by atoms with E-state index in [9.17, 15) is 14.4 Å². The van der Waals surface area contributed by atoms with Gasteiger partial charge < -0.3 is 9.88 Å². The van der Waals surface area contributed by atoms with Gasteiger partial charge in [-0.05, 0) is 31.7 Å². The SMILES string of the molecule is CCCCn1c(CCC(=O)N[C@@H](CC)c2ccc(C)cc2)nc2c1c(=O)[nH]c(=O)n2CCCC. The van der Waals surface area contributed by atoms with Crippen molar-refractivity contribution >= 4 is 17.1 Å². The lowest BCUT2D eigenvalue weighted by Gasteiger charge is -2.18. The van der Waals surface area contributed by atoms with Gasteiger partial charge >= 0.3 is 5.69 Å². The van der Waals surface area contributed by atoms with Crippen LogP contribution < -0.4 is 16.6 Å². The molecule has 1 atom stereocenters. The molecule has 8 heteroatoms. The number of unbranched alkanes of at least 4 members (excludes halogenated alkanes) is 2. The Morgan fingerprint density at radius 2 is 1.68 bits per heavy atom. The van der Waals surface area contributed by atoms with E-state index in [4.69, 9.17) is 4.98 Å². The van der Waals surface area contributed by atoms with Crippen LogP contribution in [0.2, 0.25) is 0 Å². The first-order valence-corrected chi connectivity index (χ1v) is 12.5. The van der Waals surface area contributed by atoms with Crippen molar-refractivity contribution < 1.29 is 4.79 Å². The highest BCUT2D eigenvalue weighted by molar-refractivity contribution is 5.77. The van der Waals surface area contributed by atoms with Gasteiger partial charge in [-0.2, -0.15) is 0 Å². The molecule has 0 unspecified atom stereocenters. The van der Waals surface area contributed by atoms with E-state index in [2.05, 4.69) is 55.3 Å². The number of nitrogens with zero attached hydrogens (tertiary/aromatic N) is 3. The third kappa shape index (κ3) is 5.85. The summed E-state index contributed by atoms with van der Waals surface area (Å²) in [5.41, 5.74) is 2.26. The van der Waals surface area contributed by atoms with Gasteiger partial charge in [0.05, 0.1) is 6.04 Å². The maximum atomic E-state index is 12.8. The second-order valence-corrected chi connectivity index (χ2v) is 8.91. The summed E-state index contributed by atoms with van der Waals surface area (Å²) in [4.78, 5) is 45.2. The number of hydrogen-bond donors (Lipinski definition) is 2. The third-order valence-corrected chi connectivity index (χ3v) is 6.23. The lowest BCUT2D eigenvalue weighted by atomic mass is 10.0. The molecule has 0 aliphatic rings. The van der Waals surface area contributed by atoms with Crippen LogP contribution in [0.3, 0.4) is 0 Å². The van der Waals surface area contributed by atoms with Gasteiger partial charge in [0.15, 0.2) is 11.2 Å². The quantitative estimate of drug-likeness (QED) is 0.420. The minimum absolute atomic E-state index is 0.0472. The number of benzene rings is 1. The zero-order valence-electron chi connectivity index (χ0n) is 20.8. The number of nitrogens with one attached hydrogen (secondary N) is 2. The standard InChI is InChI=1S/C26H37N5O3/c1-5-8-16-30-21(28-24-23(30)25(33)29-26(34)31(24)17-9-6-2)14-15-22(32)27-20(7-3)19-12-10-18(4)11-13-19/h10-13,20H,5-9,14-17H2,1-4H3,(H,27,32)(H,29,33,34)/t20-/m0/s1. The molecule has 3 rings (SSSR count). The van der Waals surface area contributed by atoms with E-state index in [1.807, 2.05) is 11.5 Å². The summed E-state index contributed by atoms with van der Waals surface area (Å²) < 4.78 is 3.45. The van der Waals surface area contributed by atoms with Crippen molar-refractivity contribution in [3.8, 4) is 0 Å². The molecule has 0 fully saturated rings. The Kier molecular flexibility index (Phi) is 8.85. The molecule has 0 aliphatic heterocycles. The molecule has 2 aromatic heterocycles. The molecule has 0 saturated heterocycles. The van der Waals surface area contributed by atoms with Gasteiger partial charge in [-0.1, -0.05) is 63.4 Å². The van der Waals surface area contributed by atoms with Crippen LogP contribution in [0, 0.1) is 6.92 Å². The fourth-order valence-electron chi connectivity index (χ4n) is 4.20. The highest BCUT2D eigenvalue weighted by Gasteiger charge is 2.20. The number of rotatable bonds is 12. The van der Waals surface area contributed by atoms with Gasteiger partial charge in [-0.3, -0.25) is 19.1 Å². The number of imidazole rings is 1. The van der Waals surface area contributed by atoms with Gasteiger partial charge in [0.1, 0.15) is 5.82 Å². The molecule has 184 valence electrons. The average Bonchev–Trinajstić information content (AvgIpc) is 3.19. The molecule has 1 amide bonds. The first-order chi connectivity index (χ1) is 16.4. The van der Waals surface area contributed by atoms with Crippen molar-refractivity contribution in [2.24, 2.45) is 0 Å². The van der Waals surface area contributed by atoms with Crippen LogP contribution in [-0.4, -0.2) is 25.0 Å². The monoisotopic (exact) mass is 467 g/mol. The molecule has 0 saturated carbocycles. The van der Waals surface area contributed by atoms with E-state index in [1.54, 1.807) is 4.57 Å². The van der Waals surface area contributed by atoms with Gasteiger partial charge in [-0.15, -0.1) is 0 Å². The van der Waals surface area contributed by atoms with E-state index >= 15 is 0 Å². The fourth-order valence-corrected chi connectivity index (χ4v) is 4.20. The van der Waals surface area contributed by atoms with E-state index in [1.165, 1.54) is 5.56 Å². The number of aromatic nitrogens is 4. The number of carbonyl (C=O) groups excluding carboxylic acids is 1. The van der Waals surface area contributed by atoms with Gasteiger partial charge in [0, 0.05) is 25.9 Å². The zero-order chi connectivity index (χ0) is 24.7. The number of hydrogen-bond acceptors (Lipinski definition) is 4. The summed E-state index contributed by atoms with van der Waals surface area (Å²) in [6.07, 6.45) is 5.03. The predicted molar refractivity (Wildman–Crippen MR) is 135 cm³/mol. The molecule has 0 spiro atoms. The Morgan fingerprint density at radius 1 is 1.03 bits per heavy atom. The number of H-pyrrole nitrogens is 1. The van der Waals surface area contributed by atoms with E-state index in [-0.39, 0.29) is 18.4 Å². The summed E-state index contributed by atoms with van der Waals surface area (Å²) in [7, 11) is 0. The fraction of sp³-hybridized carbons (Fsp3) is 0.538. The third-order valence-electron chi connectivity index (χ3n) is 6.23. The van der Waals surface area contributed by atoms with Crippen molar-refractivity contribution in [2.75, 3.05) is 0 Å². The predicted octanol–water partition coefficient (Wildman–Crippen LogP) is 4.00. The molecule has 2 N–H and O–H groups in total. The maximum Gasteiger partial charge on any atom is 0.330 e. The molecule has 2 heterocycles. The van der Waals surface area contributed by atoms with Crippen molar-refractivity contribution in [1.82, 2.24) is 24.4 Å². The summed E-state index contributed by atoms with van der Waals surface area (Å²) in [5.74, 6) is 0.613. The first kappa shape index (κ1) is 25.5. The van der Waals surface area contributed by atoms with Crippen molar-refractivity contribution in [2.45, 2.75) is 91.8 Å². The summed E-state index contributed by atoms with van der Waals surface area (Å²) in [6.45, 7) is 9.36. The Morgan fingerprint density at radius 3 is 2.29 bits per heavy atom. The smallest absolute Gasteiger partial charge is 0.330 e. The minimum atomic E-state index is -0.431. The molecule has 0 bridgehead atoms. The van der Waals surface area contributed by atoms with Gasteiger partial charge in [-0.25, -0.2) is 9.78 Å². The minimum Gasteiger partial charge on any atom is -0.349 e. The lowest BCUT2D eigenvalue weighted by molar-refractivity contribution is -0.121. The molecule has 3 aromatic rings. The average molecular weight is 468 g/mol. The number of aryl methyl sites for hydroxylation is 4. The van der Waals surface area contributed by atoms with Crippen LogP contribution >= 0.6 is 0 Å². The largest absolute Gasteiger partial charge is 0.349 e.